The molecule has 1 aromatic rings. The van der Waals surface area contributed by atoms with Gasteiger partial charge in [-0.25, -0.2) is 0 Å². The summed E-state index contributed by atoms with van der Waals surface area (Å²) in [6.07, 6.45) is 3.62. The van der Waals surface area contributed by atoms with Crippen molar-refractivity contribution in [3.05, 3.63) is 29.8 Å². The number of guanidine groups is 1. The van der Waals surface area contributed by atoms with Crippen LogP contribution in [-0.4, -0.2) is 52.9 Å². The Labute approximate surface area is 133 Å². The van der Waals surface area contributed by atoms with Crippen molar-refractivity contribution in [3.63, 3.8) is 0 Å². The maximum atomic E-state index is 5.60. The third-order valence-corrected chi connectivity index (χ3v) is 3.90. The van der Waals surface area contributed by atoms with Crippen molar-refractivity contribution in [1.82, 2.24) is 10.6 Å². The van der Waals surface area contributed by atoms with Crippen molar-refractivity contribution in [2.24, 2.45) is 4.99 Å². The third kappa shape index (κ3) is 5.22. The molecule has 0 radical (unpaired) electrons. The van der Waals surface area contributed by atoms with Gasteiger partial charge in [-0.15, -0.1) is 0 Å². The Balaban J connectivity index is 1.69. The molecule has 1 aromatic carbocycles. The molecule has 1 aliphatic heterocycles. The first-order valence-electron chi connectivity index (χ1n) is 8.01. The van der Waals surface area contributed by atoms with E-state index in [-0.39, 0.29) is 0 Å². The number of nitrogens with zero attached hydrogens (tertiary/aromatic N) is 2. The Morgan fingerprint density at radius 3 is 2.64 bits per heavy atom. The average Bonchev–Trinajstić information content (AvgIpc) is 3.04. The zero-order valence-corrected chi connectivity index (χ0v) is 13.9. The van der Waals surface area contributed by atoms with E-state index >= 15 is 0 Å². The molecule has 0 aliphatic carbocycles. The normalized spacial score (nSPS) is 18.3. The highest BCUT2D eigenvalue weighted by molar-refractivity contribution is 5.79. The van der Waals surface area contributed by atoms with E-state index in [1.807, 2.05) is 0 Å². The molecule has 0 saturated carbocycles. The highest BCUT2D eigenvalue weighted by Crippen LogP contribution is 2.12. The fraction of sp³-hybridized carbons (Fsp3) is 0.588. The van der Waals surface area contributed by atoms with Gasteiger partial charge in [-0.1, -0.05) is 12.1 Å². The molecule has 0 amide bonds. The molecular formula is C17H28N4O. The summed E-state index contributed by atoms with van der Waals surface area (Å²) in [6, 6.07) is 8.67. The second-order valence-electron chi connectivity index (χ2n) is 5.83. The van der Waals surface area contributed by atoms with Crippen LogP contribution in [0.2, 0.25) is 0 Å². The van der Waals surface area contributed by atoms with Crippen LogP contribution in [0.5, 0.6) is 0 Å². The Morgan fingerprint density at radius 2 is 2.05 bits per heavy atom. The molecule has 0 aromatic heterocycles. The lowest BCUT2D eigenvalue weighted by Gasteiger charge is -2.15. The van der Waals surface area contributed by atoms with Crippen LogP contribution >= 0.6 is 0 Å². The van der Waals surface area contributed by atoms with Crippen LogP contribution in [0, 0.1) is 0 Å². The van der Waals surface area contributed by atoms with E-state index in [2.05, 4.69) is 58.9 Å². The predicted molar refractivity (Wildman–Crippen MR) is 92.8 cm³/mol. The number of nitrogens with one attached hydrogen (secondary N) is 2. The largest absolute Gasteiger partial charge is 0.378 e. The Hall–Kier alpha value is -1.75. The number of rotatable bonds is 6. The lowest BCUT2D eigenvalue weighted by Crippen LogP contribution is -2.41. The third-order valence-electron chi connectivity index (χ3n) is 3.90. The second-order valence-corrected chi connectivity index (χ2v) is 5.83. The average molecular weight is 304 g/mol. The fourth-order valence-corrected chi connectivity index (χ4v) is 2.52. The van der Waals surface area contributed by atoms with Crippen LogP contribution in [0.15, 0.2) is 29.3 Å². The molecule has 2 N–H and O–H groups in total. The molecule has 5 heteroatoms. The predicted octanol–water partition coefficient (Wildman–Crippen LogP) is 1.64. The lowest BCUT2D eigenvalue weighted by molar-refractivity contribution is 0.114. The summed E-state index contributed by atoms with van der Waals surface area (Å²) < 4.78 is 5.60. The van der Waals surface area contributed by atoms with Gasteiger partial charge in [-0.2, -0.15) is 0 Å². The van der Waals surface area contributed by atoms with Crippen molar-refractivity contribution in [1.29, 1.82) is 0 Å². The van der Waals surface area contributed by atoms with Crippen molar-refractivity contribution in [2.45, 2.75) is 25.4 Å². The molecule has 0 bridgehead atoms. The van der Waals surface area contributed by atoms with E-state index in [0.29, 0.717) is 6.10 Å². The summed E-state index contributed by atoms with van der Waals surface area (Å²) in [5.74, 6) is 0.848. The number of benzene rings is 1. The van der Waals surface area contributed by atoms with Crippen LogP contribution < -0.4 is 15.5 Å². The second kappa shape index (κ2) is 8.63. The quantitative estimate of drug-likeness (QED) is 0.620. The van der Waals surface area contributed by atoms with E-state index in [4.69, 9.17) is 4.74 Å². The van der Waals surface area contributed by atoms with Gasteiger partial charge in [0, 0.05) is 46.5 Å². The van der Waals surface area contributed by atoms with Gasteiger partial charge in [-0.05, 0) is 37.0 Å². The van der Waals surface area contributed by atoms with Gasteiger partial charge < -0.3 is 20.3 Å². The summed E-state index contributed by atoms with van der Waals surface area (Å²) in [7, 11) is 5.91. The lowest BCUT2D eigenvalue weighted by atomic mass is 10.1. The Morgan fingerprint density at radius 1 is 1.27 bits per heavy atom. The molecule has 22 heavy (non-hydrogen) atoms. The fourth-order valence-electron chi connectivity index (χ4n) is 2.52. The first-order chi connectivity index (χ1) is 10.7. The van der Waals surface area contributed by atoms with Gasteiger partial charge in [0.05, 0.1) is 6.10 Å². The summed E-state index contributed by atoms with van der Waals surface area (Å²) in [5.41, 5.74) is 2.55. The van der Waals surface area contributed by atoms with E-state index in [9.17, 15) is 0 Å². The molecule has 1 fully saturated rings. The molecular weight excluding hydrogens is 276 g/mol. The van der Waals surface area contributed by atoms with Gasteiger partial charge in [0.25, 0.3) is 0 Å². The highest BCUT2D eigenvalue weighted by atomic mass is 16.5. The molecule has 1 atom stereocenters. The van der Waals surface area contributed by atoms with Crippen LogP contribution in [0.25, 0.3) is 0 Å². The molecule has 1 aliphatic rings. The van der Waals surface area contributed by atoms with Crippen molar-refractivity contribution < 1.29 is 4.74 Å². The number of ether oxygens (including phenoxy) is 1. The molecule has 1 saturated heterocycles. The summed E-state index contributed by atoms with van der Waals surface area (Å²) in [4.78, 5) is 6.36. The Bertz CT molecular complexity index is 464. The van der Waals surface area contributed by atoms with Crippen LogP contribution in [0.3, 0.4) is 0 Å². The Kier molecular flexibility index (Phi) is 6.52. The van der Waals surface area contributed by atoms with Gasteiger partial charge >= 0.3 is 0 Å². The van der Waals surface area contributed by atoms with E-state index in [1.165, 1.54) is 17.7 Å². The monoisotopic (exact) mass is 304 g/mol. The first kappa shape index (κ1) is 16.6. The highest BCUT2D eigenvalue weighted by Gasteiger charge is 2.15. The van der Waals surface area contributed by atoms with Gasteiger partial charge in [0.15, 0.2) is 5.96 Å². The minimum Gasteiger partial charge on any atom is -0.378 e. The standard InChI is InChI=1S/C17H28N4O/c1-18-17(20-13-16-5-4-12-22-16)19-11-10-14-6-8-15(9-7-14)21(2)3/h6-9,16H,4-5,10-13H2,1-3H3,(H2,18,19,20). The summed E-state index contributed by atoms with van der Waals surface area (Å²) in [5, 5.41) is 6.68. The molecule has 1 heterocycles. The maximum absolute atomic E-state index is 5.60. The van der Waals surface area contributed by atoms with Crippen molar-refractivity contribution >= 4 is 11.6 Å². The van der Waals surface area contributed by atoms with E-state index in [0.717, 1.165) is 38.5 Å². The van der Waals surface area contributed by atoms with Crippen molar-refractivity contribution in [3.8, 4) is 0 Å². The zero-order valence-electron chi connectivity index (χ0n) is 13.9. The zero-order chi connectivity index (χ0) is 15.8. The van der Waals surface area contributed by atoms with Gasteiger partial charge in [0.1, 0.15) is 0 Å². The molecule has 2 rings (SSSR count). The summed E-state index contributed by atoms with van der Waals surface area (Å²) in [6.45, 7) is 2.59. The minimum absolute atomic E-state index is 0.331. The SMILES string of the molecule is CN=C(NCCc1ccc(N(C)C)cc1)NCC1CCCO1. The maximum Gasteiger partial charge on any atom is 0.191 e. The smallest absolute Gasteiger partial charge is 0.191 e. The molecule has 1 unspecified atom stereocenters. The van der Waals surface area contributed by atoms with Gasteiger partial charge in [-0.3, -0.25) is 4.99 Å². The van der Waals surface area contributed by atoms with Gasteiger partial charge in [0.2, 0.25) is 0 Å². The van der Waals surface area contributed by atoms with Crippen molar-refractivity contribution in [2.75, 3.05) is 45.7 Å². The molecule has 122 valence electrons. The topological polar surface area (TPSA) is 48.9 Å². The number of hydrogen-bond donors (Lipinski definition) is 2. The van der Waals surface area contributed by atoms with Crippen LogP contribution in [0.4, 0.5) is 5.69 Å². The van der Waals surface area contributed by atoms with E-state index in [1.54, 1.807) is 7.05 Å². The number of hydrogen-bond acceptors (Lipinski definition) is 3. The minimum atomic E-state index is 0.331. The number of anilines is 1. The van der Waals surface area contributed by atoms with Crippen LogP contribution in [0.1, 0.15) is 18.4 Å². The van der Waals surface area contributed by atoms with E-state index < -0.39 is 0 Å². The molecule has 0 spiro atoms. The summed E-state index contributed by atoms with van der Waals surface area (Å²) >= 11 is 0. The number of aliphatic imine (C=N–C) groups is 1. The first-order valence-corrected chi connectivity index (χ1v) is 8.01. The molecule has 5 nitrogen and oxygen atoms in total. The van der Waals surface area contributed by atoms with Crippen LogP contribution in [-0.2, 0) is 11.2 Å².